The van der Waals surface area contributed by atoms with Gasteiger partial charge in [-0.15, -0.1) is 0 Å². The summed E-state index contributed by atoms with van der Waals surface area (Å²) in [5.41, 5.74) is 12.7. The Morgan fingerprint density at radius 2 is 1.68 bits per heavy atom. The average Bonchev–Trinajstić information content (AvgIpc) is 3.07. The molecular formula is C25H25ClN4O. The van der Waals surface area contributed by atoms with Crippen LogP contribution in [0.5, 0.6) is 0 Å². The summed E-state index contributed by atoms with van der Waals surface area (Å²) in [5, 5.41) is 6.99. The second-order valence-electron chi connectivity index (χ2n) is 7.85. The number of carbonyl (C=O) groups is 1. The summed E-state index contributed by atoms with van der Waals surface area (Å²) in [5.74, 6) is -0.160. The van der Waals surface area contributed by atoms with Gasteiger partial charge in [0, 0.05) is 29.4 Å². The zero-order valence-electron chi connectivity index (χ0n) is 17.6. The molecule has 4 N–H and O–H groups in total. The van der Waals surface area contributed by atoms with Crippen molar-refractivity contribution in [2.24, 2.45) is 5.73 Å². The number of benzene rings is 3. The minimum atomic E-state index is -0.160. The minimum absolute atomic E-state index is 0.160. The number of halogens is 1. The van der Waals surface area contributed by atoms with Crippen LogP contribution in [-0.4, -0.2) is 24.9 Å². The maximum atomic E-state index is 13.0. The first-order valence-corrected chi connectivity index (χ1v) is 10.5. The smallest absolute Gasteiger partial charge is 0.258 e. The first kappa shape index (κ1) is 21.1. The number of nitrogens with two attached hydrogens (primary N) is 1. The Bertz CT molecular complexity index is 1140. The van der Waals surface area contributed by atoms with Crippen molar-refractivity contribution in [1.82, 2.24) is 4.90 Å². The molecule has 1 aliphatic rings. The Kier molecular flexibility index (Phi) is 6.09. The van der Waals surface area contributed by atoms with Crippen LogP contribution < -0.4 is 16.4 Å². The van der Waals surface area contributed by atoms with E-state index in [1.807, 2.05) is 56.6 Å². The van der Waals surface area contributed by atoms with Gasteiger partial charge in [-0.2, -0.15) is 0 Å². The van der Waals surface area contributed by atoms with E-state index in [0.717, 1.165) is 34.6 Å². The maximum absolute atomic E-state index is 13.0. The van der Waals surface area contributed by atoms with Crippen molar-refractivity contribution < 1.29 is 4.79 Å². The first-order chi connectivity index (χ1) is 14.9. The molecule has 0 spiro atoms. The second-order valence-corrected chi connectivity index (χ2v) is 8.29. The van der Waals surface area contributed by atoms with Gasteiger partial charge in [0.25, 0.3) is 5.91 Å². The largest absolute Gasteiger partial charge is 0.354 e. The summed E-state index contributed by atoms with van der Waals surface area (Å²) >= 11 is 6.13. The van der Waals surface area contributed by atoms with Crippen LogP contribution in [0.2, 0.25) is 5.02 Å². The predicted molar refractivity (Wildman–Crippen MR) is 129 cm³/mol. The van der Waals surface area contributed by atoms with Crippen LogP contribution >= 0.6 is 11.6 Å². The Morgan fingerprint density at radius 1 is 1.00 bits per heavy atom. The third kappa shape index (κ3) is 4.64. The van der Waals surface area contributed by atoms with Crippen LogP contribution in [0.25, 0.3) is 11.3 Å². The van der Waals surface area contributed by atoms with Crippen molar-refractivity contribution >= 4 is 40.2 Å². The summed E-state index contributed by atoms with van der Waals surface area (Å²) in [4.78, 5) is 15.1. The highest BCUT2D eigenvalue weighted by molar-refractivity contribution is 6.38. The van der Waals surface area contributed by atoms with Crippen LogP contribution in [0.15, 0.2) is 66.7 Å². The molecule has 0 saturated carbocycles. The molecular weight excluding hydrogens is 408 g/mol. The minimum Gasteiger partial charge on any atom is -0.354 e. The summed E-state index contributed by atoms with van der Waals surface area (Å²) < 4.78 is 0. The molecule has 1 aliphatic heterocycles. The van der Waals surface area contributed by atoms with Crippen molar-refractivity contribution in [3.8, 4) is 0 Å². The highest BCUT2D eigenvalue weighted by Gasteiger charge is 2.28. The quantitative estimate of drug-likeness (QED) is 0.489. The Labute approximate surface area is 187 Å². The summed E-state index contributed by atoms with van der Waals surface area (Å²) in [6, 6.07) is 21.6. The van der Waals surface area contributed by atoms with Crippen molar-refractivity contribution in [3.05, 3.63) is 94.0 Å². The highest BCUT2D eigenvalue weighted by atomic mass is 35.5. The molecule has 4 rings (SSSR count). The summed E-state index contributed by atoms with van der Waals surface area (Å²) in [6.45, 7) is 1.33. The number of carbonyl (C=O) groups excluding carboxylic acids is 1. The van der Waals surface area contributed by atoms with Gasteiger partial charge in [-0.25, -0.2) is 0 Å². The number of hydrogen-bond acceptors (Lipinski definition) is 4. The third-order valence-corrected chi connectivity index (χ3v) is 5.41. The van der Waals surface area contributed by atoms with Gasteiger partial charge in [0.05, 0.1) is 17.0 Å². The fourth-order valence-electron chi connectivity index (χ4n) is 3.68. The van der Waals surface area contributed by atoms with E-state index in [9.17, 15) is 4.79 Å². The fraction of sp³-hybridized carbons (Fsp3) is 0.160. The van der Waals surface area contributed by atoms with Gasteiger partial charge in [0.15, 0.2) is 0 Å². The van der Waals surface area contributed by atoms with Crippen LogP contribution in [0.4, 0.5) is 11.4 Å². The number of amides is 1. The monoisotopic (exact) mass is 432 g/mol. The molecule has 0 unspecified atom stereocenters. The molecule has 0 saturated heterocycles. The molecule has 3 aromatic rings. The molecule has 5 nitrogen and oxygen atoms in total. The molecule has 6 heteroatoms. The summed E-state index contributed by atoms with van der Waals surface area (Å²) in [6.07, 6.45) is 0. The predicted octanol–water partition coefficient (Wildman–Crippen LogP) is 4.79. The number of rotatable bonds is 6. The van der Waals surface area contributed by atoms with E-state index < -0.39 is 0 Å². The topological polar surface area (TPSA) is 70.4 Å². The number of anilines is 2. The average molecular weight is 433 g/mol. The number of hydrogen-bond donors (Lipinski definition) is 3. The molecule has 1 amide bonds. The molecule has 0 aliphatic carbocycles. The van der Waals surface area contributed by atoms with Crippen LogP contribution in [0.3, 0.4) is 0 Å². The summed E-state index contributed by atoms with van der Waals surface area (Å²) in [7, 11) is 4.09. The van der Waals surface area contributed by atoms with Crippen molar-refractivity contribution in [3.63, 3.8) is 0 Å². The zero-order valence-corrected chi connectivity index (χ0v) is 18.3. The van der Waals surface area contributed by atoms with Gasteiger partial charge in [0.1, 0.15) is 0 Å². The van der Waals surface area contributed by atoms with E-state index in [0.29, 0.717) is 22.8 Å². The van der Waals surface area contributed by atoms with E-state index >= 15 is 0 Å². The molecule has 158 valence electrons. The zero-order chi connectivity index (χ0) is 22.0. The Morgan fingerprint density at radius 3 is 2.32 bits per heavy atom. The van der Waals surface area contributed by atoms with Crippen LogP contribution in [-0.2, 0) is 17.9 Å². The van der Waals surface area contributed by atoms with E-state index in [4.69, 9.17) is 17.3 Å². The van der Waals surface area contributed by atoms with Crippen LogP contribution in [0, 0.1) is 0 Å². The molecule has 0 radical (unpaired) electrons. The number of fused-ring (bicyclic) bond motifs is 1. The number of nitrogens with one attached hydrogen (secondary N) is 2. The van der Waals surface area contributed by atoms with E-state index in [-0.39, 0.29) is 5.91 Å². The Hall–Kier alpha value is -3.12. The van der Waals surface area contributed by atoms with Gasteiger partial charge in [-0.05, 0) is 55.1 Å². The van der Waals surface area contributed by atoms with E-state index in [1.54, 1.807) is 12.1 Å². The molecule has 31 heavy (non-hydrogen) atoms. The molecule has 0 fully saturated rings. The van der Waals surface area contributed by atoms with Crippen molar-refractivity contribution in [1.29, 1.82) is 0 Å². The highest BCUT2D eigenvalue weighted by Crippen LogP contribution is 2.38. The number of nitrogens with zero attached hydrogens (tertiary/aromatic N) is 1. The lowest BCUT2D eigenvalue weighted by Crippen LogP contribution is -2.11. The maximum Gasteiger partial charge on any atom is 0.258 e. The lowest BCUT2D eigenvalue weighted by Gasteiger charge is -2.16. The van der Waals surface area contributed by atoms with Gasteiger partial charge >= 0.3 is 0 Å². The fourth-order valence-corrected chi connectivity index (χ4v) is 3.85. The van der Waals surface area contributed by atoms with Crippen LogP contribution in [0.1, 0.15) is 22.3 Å². The first-order valence-electron chi connectivity index (χ1n) is 10.1. The molecule has 0 aromatic heterocycles. The molecule has 1 heterocycles. The van der Waals surface area contributed by atoms with Gasteiger partial charge in [-0.3, -0.25) is 4.79 Å². The SMILES string of the molecule is CN(C)Cc1ccc(NC(=C2C(=O)Nc3cc(Cl)ccc32)c2ccc(CN)cc2)cc1. The molecule has 0 bridgehead atoms. The lowest BCUT2D eigenvalue weighted by molar-refractivity contribution is -0.110. The van der Waals surface area contributed by atoms with E-state index in [1.165, 1.54) is 5.56 Å². The molecule has 0 atom stereocenters. The normalized spacial score (nSPS) is 14.4. The van der Waals surface area contributed by atoms with Crippen molar-refractivity contribution in [2.75, 3.05) is 24.7 Å². The Balaban J connectivity index is 1.79. The lowest BCUT2D eigenvalue weighted by atomic mass is 9.99. The second kappa shape index (κ2) is 8.94. The molecule has 3 aromatic carbocycles. The third-order valence-electron chi connectivity index (χ3n) is 5.18. The van der Waals surface area contributed by atoms with Crippen molar-refractivity contribution in [2.45, 2.75) is 13.1 Å². The van der Waals surface area contributed by atoms with Gasteiger partial charge in [0.2, 0.25) is 0 Å². The van der Waals surface area contributed by atoms with Gasteiger partial charge in [-0.1, -0.05) is 54.1 Å². The van der Waals surface area contributed by atoms with E-state index in [2.05, 4.69) is 27.7 Å². The van der Waals surface area contributed by atoms with Gasteiger partial charge < -0.3 is 21.3 Å². The standard InChI is InChI=1S/C25H25ClN4O/c1-30(2)15-17-5-10-20(11-6-17)28-24(18-7-3-16(14-27)4-8-18)23-21-12-9-19(26)13-22(21)29-25(23)31/h3-13,28H,14-15,27H2,1-2H3,(H,29,31).